The van der Waals surface area contributed by atoms with Crippen LogP contribution in [0.15, 0.2) is 67.1 Å². The fraction of sp³-hybridized carbons (Fsp3) is 0.227. The number of nitrogens with one attached hydrogen (secondary N) is 1. The smallest absolute Gasteiger partial charge is 0.255 e. The summed E-state index contributed by atoms with van der Waals surface area (Å²) in [5.74, 6) is 1.37. The van der Waals surface area contributed by atoms with Crippen LogP contribution in [0.1, 0.15) is 22.8 Å². The molecule has 0 saturated heterocycles. The zero-order chi connectivity index (χ0) is 19.8. The minimum atomic E-state index is -0.171. The van der Waals surface area contributed by atoms with E-state index in [2.05, 4.69) is 15.3 Å². The van der Waals surface area contributed by atoms with Crippen molar-refractivity contribution in [1.29, 1.82) is 0 Å². The third kappa shape index (κ3) is 5.30. The second-order valence-electron chi connectivity index (χ2n) is 6.34. The Morgan fingerprint density at radius 1 is 1.07 bits per heavy atom. The lowest BCUT2D eigenvalue weighted by Gasteiger charge is -2.18. The van der Waals surface area contributed by atoms with Crippen LogP contribution in [0.25, 0.3) is 0 Å². The summed E-state index contributed by atoms with van der Waals surface area (Å²) in [6.07, 6.45) is 6.12. The van der Waals surface area contributed by atoms with E-state index in [1.807, 2.05) is 55.3 Å². The summed E-state index contributed by atoms with van der Waals surface area (Å²) < 4.78 is 5.42. The number of aromatic nitrogens is 2. The molecule has 144 valence electrons. The molecule has 0 bridgehead atoms. The van der Waals surface area contributed by atoms with E-state index < -0.39 is 0 Å². The monoisotopic (exact) mass is 376 g/mol. The molecule has 2 aromatic heterocycles. The number of amides is 1. The minimum absolute atomic E-state index is 0.171. The molecule has 0 fully saturated rings. The molecule has 1 aromatic carbocycles. The van der Waals surface area contributed by atoms with Crippen molar-refractivity contribution in [2.75, 3.05) is 30.4 Å². The van der Waals surface area contributed by atoms with Crippen LogP contribution in [-0.2, 0) is 6.42 Å². The van der Waals surface area contributed by atoms with Crippen molar-refractivity contribution in [3.05, 3.63) is 78.2 Å². The molecule has 1 amide bonds. The van der Waals surface area contributed by atoms with Crippen molar-refractivity contribution in [3.8, 4) is 5.75 Å². The number of likely N-dealkylation sites (N-methyl/N-ethyl adjacent to an activating group) is 1. The second kappa shape index (κ2) is 9.50. The summed E-state index contributed by atoms with van der Waals surface area (Å²) in [4.78, 5) is 23.0. The number of carbonyl (C=O) groups excluding carboxylic acids is 1. The molecule has 0 atom stereocenters. The molecule has 0 radical (unpaired) electrons. The Hall–Kier alpha value is -3.41. The molecule has 3 rings (SSSR count). The van der Waals surface area contributed by atoms with Crippen LogP contribution in [0, 0.1) is 0 Å². The first-order valence-corrected chi connectivity index (χ1v) is 9.26. The van der Waals surface area contributed by atoms with E-state index in [1.54, 1.807) is 30.7 Å². The van der Waals surface area contributed by atoms with E-state index in [4.69, 9.17) is 4.74 Å². The highest BCUT2D eigenvalue weighted by Crippen LogP contribution is 2.18. The Kier molecular flexibility index (Phi) is 6.57. The molecular formula is C22H24N4O2. The summed E-state index contributed by atoms with van der Waals surface area (Å²) in [6.45, 7) is 3.34. The Morgan fingerprint density at radius 3 is 2.54 bits per heavy atom. The van der Waals surface area contributed by atoms with Crippen LogP contribution in [0.2, 0.25) is 0 Å². The highest BCUT2D eigenvalue weighted by molar-refractivity contribution is 6.04. The summed E-state index contributed by atoms with van der Waals surface area (Å²) in [5.41, 5.74) is 2.50. The molecule has 0 aliphatic carbocycles. The van der Waals surface area contributed by atoms with E-state index >= 15 is 0 Å². The molecule has 6 nitrogen and oxygen atoms in total. The van der Waals surface area contributed by atoms with Gasteiger partial charge in [0.15, 0.2) is 0 Å². The van der Waals surface area contributed by atoms with Crippen molar-refractivity contribution in [2.45, 2.75) is 13.3 Å². The van der Waals surface area contributed by atoms with Crippen LogP contribution in [0.5, 0.6) is 5.75 Å². The van der Waals surface area contributed by atoms with Gasteiger partial charge in [0, 0.05) is 43.4 Å². The molecule has 0 spiro atoms. The lowest BCUT2D eigenvalue weighted by molar-refractivity contribution is 0.102. The molecule has 28 heavy (non-hydrogen) atoms. The number of benzene rings is 1. The normalized spacial score (nSPS) is 10.4. The molecule has 0 unspecified atom stereocenters. The number of rotatable bonds is 8. The largest absolute Gasteiger partial charge is 0.494 e. The van der Waals surface area contributed by atoms with Crippen molar-refractivity contribution in [3.63, 3.8) is 0 Å². The highest BCUT2D eigenvalue weighted by Gasteiger charge is 2.10. The molecule has 3 aromatic rings. The first kappa shape index (κ1) is 19.4. The maximum atomic E-state index is 12.6. The number of hydrogen-bond donors (Lipinski definition) is 1. The Morgan fingerprint density at radius 2 is 1.82 bits per heavy atom. The van der Waals surface area contributed by atoms with E-state index in [0.717, 1.165) is 30.2 Å². The number of pyridine rings is 2. The van der Waals surface area contributed by atoms with Gasteiger partial charge in [0.1, 0.15) is 11.6 Å². The Labute approximate surface area is 165 Å². The van der Waals surface area contributed by atoms with Crippen LogP contribution >= 0.6 is 0 Å². The second-order valence-corrected chi connectivity index (χ2v) is 6.34. The highest BCUT2D eigenvalue weighted by atomic mass is 16.5. The number of hydrogen-bond acceptors (Lipinski definition) is 5. The molecule has 0 aliphatic rings. The van der Waals surface area contributed by atoms with Crippen LogP contribution in [0.3, 0.4) is 0 Å². The maximum Gasteiger partial charge on any atom is 0.255 e. The summed E-state index contributed by atoms with van der Waals surface area (Å²) >= 11 is 0. The minimum Gasteiger partial charge on any atom is -0.494 e. The van der Waals surface area contributed by atoms with Gasteiger partial charge in [-0.05, 0) is 67.4 Å². The lowest BCUT2D eigenvalue weighted by atomic mass is 10.2. The van der Waals surface area contributed by atoms with E-state index in [0.29, 0.717) is 12.2 Å². The first-order valence-electron chi connectivity index (χ1n) is 9.26. The van der Waals surface area contributed by atoms with Gasteiger partial charge >= 0.3 is 0 Å². The predicted octanol–water partition coefficient (Wildman–Crippen LogP) is 3.81. The van der Waals surface area contributed by atoms with Crippen molar-refractivity contribution in [2.24, 2.45) is 0 Å². The third-order valence-electron chi connectivity index (χ3n) is 4.31. The predicted molar refractivity (Wildman–Crippen MR) is 111 cm³/mol. The molecule has 6 heteroatoms. The average molecular weight is 376 g/mol. The van der Waals surface area contributed by atoms with E-state index in [1.165, 1.54) is 5.56 Å². The van der Waals surface area contributed by atoms with Crippen LogP contribution < -0.4 is 15.0 Å². The summed E-state index contributed by atoms with van der Waals surface area (Å²) in [5, 5.41) is 2.90. The van der Waals surface area contributed by atoms with E-state index in [-0.39, 0.29) is 5.91 Å². The Balaban J connectivity index is 1.62. The van der Waals surface area contributed by atoms with E-state index in [9.17, 15) is 4.79 Å². The fourth-order valence-electron chi connectivity index (χ4n) is 2.73. The first-order chi connectivity index (χ1) is 13.7. The maximum absolute atomic E-state index is 12.6. The van der Waals surface area contributed by atoms with Gasteiger partial charge in [-0.15, -0.1) is 0 Å². The van der Waals surface area contributed by atoms with Crippen LogP contribution in [0.4, 0.5) is 11.5 Å². The number of ether oxygens (including phenoxy) is 1. The Bertz CT molecular complexity index is 898. The average Bonchev–Trinajstić information content (AvgIpc) is 2.74. The zero-order valence-electron chi connectivity index (χ0n) is 16.1. The third-order valence-corrected chi connectivity index (χ3v) is 4.31. The number of anilines is 2. The van der Waals surface area contributed by atoms with Gasteiger partial charge in [-0.25, -0.2) is 4.98 Å². The molecule has 2 heterocycles. The van der Waals surface area contributed by atoms with Gasteiger partial charge in [0.05, 0.1) is 6.61 Å². The number of carbonyl (C=O) groups is 1. The topological polar surface area (TPSA) is 67.3 Å². The van der Waals surface area contributed by atoms with Crippen LogP contribution in [-0.4, -0.2) is 36.1 Å². The fourth-order valence-corrected chi connectivity index (χ4v) is 2.73. The van der Waals surface area contributed by atoms with Gasteiger partial charge in [-0.2, -0.15) is 0 Å². The SMILES string of the molecule is CCOc1ccc(NC(=O)c2ccnc(N(C)CCc3ccncc3)c2)cc1. The summed E-state index contributed by atoms with van der Waals surface area (Å²) in [7, 11) is 1.97. The lowest BCUT2D eigenvalue weighted by Crippen LogP contribution is -2.22. The molecule has 0 saturated carbocycles. The summed E-state index contributed by atoms with van der Waals surface area (Å²) in [6, 6.07) is 14.8. The van der Waals surface area contributed by atoms with Gasteiger partial charge in [-0.1, -0.05) is 0 Å². The van der Waals surface area contributed by atoms with Crippen molar-refractivity contribution in [1.82, 2.24) is 9.97 Å². The molecule has 1 N–H and O–H groups in total. The quantitative estimate of drug-likeness (QED) is 0.648. The van der Waals surface area contributed by atoms with Gasteiger partial charge < -0.3 is 15.0 Å². The zero-order valence-corrected chi connectivity index (χ0v) is 16.1. The molecular weight excluding hydrogens is 352 g/mol. The van der Waals surface area contributed by atoms with Gasteiger partial charge in [-0.3, -0.25) is 9.78 Å². The van der Waals surface area contributed by atoms with Gasteiger partial charge in [0.25, 0.3) is 5.91 Å². The molecule has 0 aliphatic heterocycles. The standard InChI is InChI=1S/C22H24N4O2/c1-3-28-20-6-4-19(5-7-20)25-22(27)18-10-14-24-21(16-18)26(2)15-11-17-8-12-23-13-9-17/h4-10,12-14,16H,3,11,15H2,1-2H3,(H,25,27). The van der Waals surface area contributed by atoms with Crippen molar-refractivity contribution >= 4 is 17.4 Å². The van der Waals surface area contributed by atoms with Crippen molar-refractivity contribution < 1.29 is 9.53 Å². The number of nitrogens with zero attached hydrogens (tertiary/aromatic N) is 3. The van der Waals surface area contributed by atoms with Gasteiger partial charge in [0.2, 0.25) is 0 Å².